The van der Waals surface area contributed by atoms with E-state index in [4.69, 9.17) is 0 Å². The van der Waals surface area contributed by atoms with Crippen molar-refractivity contribution in [2.75, 3.05) is 14.1 Å². The van der Waals surface area contributed by atoms with Gasteiger partial charge in [-0.05, 0) is 19.3 Å². The lowest BCUT2D eigenvalue weighted by atomic mass is 9.93. The Hall–Kier alpha value is -2.24. The maximum Gasteiger partial charge on any atom is 0.167 e. The van der Waals surface area contributed by atoms with Crippen molar-refractivity contribution in [2.24, 2.45) is 0 Å². The van der Waals surface area contributed by atoms with Crippen molar-refractivity contribution in [3.8, 4) is 0 Å². The van der Waals surface area contributed by atoms with Crippen molar-refractivity contribution in [3.05, 3.63) is 29.2 Å². The molecule has 0 bridgehead atoms. The topological polar surface area (TPSA) is 83.1 Å². The predicted octanol–water partition coefficient (Wildman–Crippen LogP) is 1.68. The van der Waals surface area contributed by atoms with Crippen LogP contribution in [-0.2, 0) is 16.0 Å². The quantitative estimate of drug-likeness (QED) is 0.630. The lowest BCUT2D eigenvalue weighted by Crippen LogP contribution is -2.21. The van der Waals surface area contributed by atoms with E-state index in [0.29, 0.717) is 31.3 Å². The van der Waals surface area contributed by atoms with Crippen molar-refractivity contribution in [1.29, 1.82) is 0 Å². The molecule has 0 saturated heterocycles. The van der Waals surface area contributed by atoms with Gasteiger partial charge >= 0.3 is 0 Å². The van der Waals surface area contributed by atoms with Crippen molar-refractivity contribution >= 4 is 17.3 Å². The molecule has 0 aromatic carbocycles. The molecule has 22 heavy (non-hydrogen) atoms. The highest BCUT2D eigenvalue weighted by Crippen LogP contribution is 2.17. The molecule has 1 N–H and O–H groups in total. The number of nitrogens with one attached hydrogen (secondary N) is 1. The van der Waals surface area contributed by atoms with E-state index in [0.717, 1.165) is 24.1 Å². The summed E-state index contributed by atoms with van der Waals surface area (Å²) in [7, 11) is 3.62. The smallest absolute Gasteiger partial charge is 0.167 e. The summed E-state index contributed by atoms with van der Waals surface area (Å²) in [6.45, 7) is 0. The molecule has 0 amide bonds. The molecule has 1 heterocycles. The molecule has 0 unspecified atom stereocenters. The first-order chi connectivity index (χ1) is 10.5. The molecule has 3 rings (SSSR count). The average molecular weight is 303 g/mol. The molecule has 0 atom stereocenters. The minimum atomic E-state index is -0.0139. The Labute approximate surface area is 129 Å². The van der Waals surface area contributed by atoms with Crippen LogP contribution < -0.4 is 0 Å². The van der Waals surface area contributed by atoms with Crippen molar-refractivity contribution < 1.29 is 14.4 Å². The summed E-state index contributed by atoms with van der Waals surface area (Å²) < 4.78 is 0. The summed E-state index contributed by atoms with van der Waals surface area (Å²) >= 11 is 0. The molecule has 1 aromatic rings. The number of ketones is 3. The zero-order valence-corrected chi connectivity index (χ0v) is 13.0. The van der Waals surface area contributed by atoms with E-state index >= 15 is 0 Å². The van der Waals surface area contributed by atoms with Gasteiger partial charge in [0.1, 0.15) is 0 Å². The van der Waals surface area contributed by atoms with Gasteiger partial charge in [0.25, 0.3) is 0 Å². The molecule has 0 radical (unpaired) electrons. The number of hydrogen-bond donors (Lipinski definition) is 1. The average Bonchev–Trinajstić information content (AvgIpc) is 2.94. The number of nitrogens with zero attached hydrogens (tertiary/aromatic N) is 2. The molecule has 6 nitrogen and oxygen atoms in total. The van der Waals surface area contributed by atoms with Crippen LogP contribution in [0.2, 0.25) is 0 Å². The third kappa shape index (κ3) is 3.90. The number of aromatic nitrogens is 2. The Kier molecular flexibility index (Phi) is 5.25. The van der Waals surface area contributed by atoms with Gasteiger partial charge in [-0.1, -0.05) is 0 Å². The maximum atomic E-state index is 11.2. The largest absolute Gasteiger partial charge is 0.383 e. The van der Waals surface area contributed by atoms with Crippen LogP contribution in [-0.4, -0.2) is 46.5 Å². The van der Waals surface area contributed by atoms with Crippen LogP contribution in [0.25, 0.3) is 0 Å². The van der Waals surface area contributed by atoms with E-state index in [-0.39, 0.29) is 17.3 Å². The van der Waals surface area contributed by atoms with E-state index in [1.807, 2.05) is 14.1 Å². The van der Waals surface area contributed by atoms with Crippen molar-refractivity contribution in [2.45, 2.75) is 38.5 Å². The van der Waals surface area contributed by atoms with Crippen molar-refractivity contribution in [1.82, 2.24) is 15.1 Å². The third-order valence-electron chi connectivity index (χ3n) is 3.65. The first-order valence-corrected chi connectivity index (χ1v) is 7.49. The number of aromatic amines is 1. The van der Waals surface area contributed by atoms with Crippen LogP contribution in [0.3, 0.4) is 0 Å². The lowest BCUT2D eigenvalue weighted by molar-refractivity contribution is -0.123. The highest BCUT2D eigenvalue weighted by atomic mass is 16.2. The summed E-state index contributed by atoms with van der Waals surface area (Å²) in [5, 5.41) is 6.63. The molecule has 118 valence electrons. The second-order valence-electron chi connectivity index (χ2n) is 5.75. The minimum Gasteiger partial charge on any atom is -0.383 e. The maximum absolute atomic E-state index is 11.2. The molecule has 0 spiro atoms. The van der Waals surface area contributed by atoms with Gasteiger partial charge in [0.15, 0.2) is 17.3 Å². The van der Waals surface area contributed by atoms with Gasteiger partial charge in [-0.25, -0.2) is 0 Å². The SMILES string of the molecule is CN(C)C=C1C(=O)CCCC1=O.O=C1CCCc2[nH]ncc21. The van der Waals surface area contributed by atoms with Gasteiger partial charge in [-0.15, -0.1) is 0 Å². The van der Waals surface area contributed by atoms with E-state index in [2.05, 4.69) is 10.2 Å². The molecule has 0 aliphatic heterocycles. The van der Waals surface area contributed by atoms with Crippen LogP contribution in [0.4, 0.5) is 0 Å². The van der Waals surface area contributed by atoms with Crippen LogP contribution in [0.5, 0.6) is 0 Å². The van der Waals surface area contributed by atoms with Gasteiger partial charge in [-0.2, -0.15) is 5.10 Å². The van der Waals surface area contributed by atoms with Crippen LogP contribution in [0.1, 0.15) is 48.2 Å². The predicted molar refractivity (Wildman–Crippen MR) is 81.5 cm³/mol. The Balaban J connectivity index is 0.000000162. The summed E-state index contributed by atoms with van der Waals surface area (Å²) in [6.07, 6.45) is 7.61. The monoisotopic (exact) mass is 303 g/mol. The normalized spacial score (nSPS) is 17.5. The second-order valence-corrected chi connectivity index (χ2v) is 5.75. The van der Waals surface area contributed by atoms with Gasteiger partial charge in [0.05, 0.1) is 17.3 Å². The van der Waals surface area contributed by atoms with Crippen LogP contribution in [0.15, 0.2) is 18.0 Å². The molecule has 2 aliphatic carbocycles. The Bertz CT molecular complexity index is 596. The zero-order chi connectivity index (χ0) is 16.1. The second kappa shape index (κ2) is 7.15. The molecular formula is C16H21N3O3. The Morgan fingerprint density at radius 1 is 1.00 bits per heavy atom. The number of rotatable bonds is 1. The molecule has 1 aromatic heterocycles. The molecular weight excluding hydrogens is 282 g/mol. The number of Topliss-reactive ketones (excluding diaryl/α,β-unsaturated/α-hetero) is 3. The zero-order valence-electron chi connectivity index (χ0n) is 13.0. The van der Waals surface area contributed by atoms with Crippen LogP contribution in [0, 0.1) is 0 Å². The summed E-state index contributed by atoms with van der Waals surface area (Å²) in [4.78, 5) is 35.3. The lowest BCUT2D eigenvalue weighted by Gasteiger charge is -2.13. The van der Waals surface area contributed by atoms with E-state index in [9.17, 15) is 14.4 Å². The fourth-order valence-corrected chi connectivity index (χ4v) is 2.54. The molecule has 2 aliphatic rings. The number of aryl methyl sites for hydroxylation is 1. The summed E-state index contributed by atoms with van der Waals surface area (Å²) in [6, 6.07) is 0. The highest BCUT2D eigenvalue weighted by molar-refractivity contribution is 6.21. The van der Waals surface area contributed by atoms with Crippen LogP contribution >= 0.6 is 0 Å². The van der Waals surface area contributed by atoms with E-state index in [1.165, 1.54) is 0 Å². The van der Waals surface area contributed by atoms with Gasteiger partial charge in [0, 0.05) is 45.3 Å². The minimum absolute atomic E-state index is 0.0139. The third-order valence-corrected chi connectivity index (χ3v) is 3.65. The van der Waals surface area contributed by atoms with Gasteiger partial charge < -0.3 is 4.90 Å². The number of allylic oxidation sites excluding steroid dienone is 1. The summed E-state index contributed by atoms with van der Waals surface area (Å²) in [5.41, 5.74) is 2.17. The number of carbonyl (C=O) groups is 3. The van der Waals surface area contributed by atoms with E-state index in [1.54, 1.807) is 17.3 Å². The fourth-order valence-electron chi connectivity index (χ4n) is 2.54. The Morgan fingerprint density at radius 2 is 1.59 bits per heavy atom. The van der Waals surface area contributed by atoms with Gasteiger partial charge in [-0.3, -0.25) is 19.5 Å². The number of hydrogen-bond acceptors (Lipinski definition) is 5. The molecule has 6 heteroatoms. The number of fused-ring (bicyclic) bond motifs is 1. The standard InChI is InChI=1S/C9H13NO2.C7H8N2O/c1-10(2)6-7-8(11)4-3-5-9(7)12;10-7-3-1-2-6-5(7)4-8-9-6/h6H,3-5H2,1-2H3;4H,1-3H2,(H,8,9). The molecule has 1 saturated carbocycles. The van der Waals surface area contributed by atoms with Crippen molar-refractivity contribution in [3.63, 3.8) is 0 Å². The van der Waals surface area contributed by atoms with E-state index < -0.39 is 0 Å². The molecule has 1 fully saturated rings. The number of H-pyrrole nitrogens is 1. The first-order valence-electron chi connectivity index (χ1n) is 7.49. The Morgan fingerprint density at radius 3 is 2.18 bits per heavy atom. The first kappa shape index (κ1) is 16.1. The number of carbonyl (C=O) groups excluding carboxylic acids is 3. The highest BCUT2D eigenvalue weighted by Gasteiger charge is 2.22. The fraction of sp³-hybridized carbons (Fsp3) is 0.500. The van der Waals surface area contributed by atoms with Gasteiger partial charge in [0.2, 0.25) is 0 Å². The summed E-state index contributed by atoms with van der Waals surface area (Å²) in [5.74, 6) is 0.204.